The molecule has 0 aromatic rings. The van der Waals surface area contributed by atoms with Crippen LogP contribution >= 0.6 is 0 Å². The number of nitrogens with one attached hydrogen (secondary N) is 1. The van der Waals surface area contributed by atoms with Gasteiger partial charge in [-0.3, -0.25) is 0 Å². The van der Waals surface area contributed by atoms with E-state index in [4.69, 9.17) is 0 Å². The fraction of sp³-hybridized carbons (Fsp3) is 0.625. The highest BCUT2D eigenvalue weighted by Gasteiger charge is 2.39. The zero-order valence-electron chi connectivity index (χ0n) is 8.39. The van der Waals surface area contributed by atoms with Gasteiger partial charge in [-0.15, -0.1) is 0 Å². The average molecular weight is 209 g/mol. The molecule has 0 rings (SSSR count). The summed E-state index contributed by atoms with van der Waals surface area (Å²) in [7, 11) is 2.89. The van der Waals surface area contributed by atoms with Gasteiger partial charge in [-0.25, -0.2) is 4.99 Å². The Kier molecular flexibility index (Phi) is 4.62. The van der Waals surface area contributed by atoms with Crippen LogP contribution < -0.4 is 5.32 Å². The van der Waals surface area contributed by atoms with E-state index < -0.39 is 18.2 Å². The second-order valence-corrected chi connectivity index (χ2v) is 2.71. The van der Waals surface area contributed by atoms with Crippen LogP contribution in [0.15, 0.2) is 17.8 Å². The molecule has 6 heteroatoms. The highest BCUT2D eigenvalue weighted by Crippen LogP contribution is 2.20. The second kappa shape index (κ2) is 4.99. The zero-order chi connectivity index (χ0) is 11.4. The van der Waals surface area contributed by atoms with Gasteiger partial charge in [0, 0.05) is 13.2 Å². The minimum Gasteiger partial charge on any atom is -0.340 e. The normalized spacial score (nSPS) is 15.1. The van der Waals surface area contributed by atoms with Gasteiger partial charge in [-0.05, 0) is 14.0 Å². The first kappa shape index (κ1) is 13.0. The number of nitrogens with zero attached hydrogens (tertiary/aromatic N) is 2. The molecule has 82 valence electrons. The van der Waals surface area contributed by atoms with E-state index in [2.05, 4.69) is 16.9 Å². The summed E-state index contributed by atoms with van der Waals surface area (Å²) in [6, 6.07) is 0. The highest BCUT2D eigenvalue weighted by atomic mass is 19.4. The lowest BCUT2D eigenvalue weighted by Crippen LogP contribution is -2.48. The Morgan fingerprint density at radius 1 is 1.57 bits per heavy atom. The predicted molar refractivity (Wildman–Crippen MR) is 50.0 cm³/mol. The van der Waals surface area contributed by atoms with Crippen molar-refractivity contribution in [3.05, 3.63) is 12.8 Å². The highest BCUT2D eigenvalue weighted by molar-refractivity contribution is 5.88. The topological polar surface area (TPSA) is 27.6 Å². The number of hydrogen-bond donors (Lipinski definition) is 1. The number of rotatable bonds is 3. The van der Waals surface area contributed by atoms with Crippen LogP contribution in [0.3, 0.4) is 0 Å². The van der Waals surface area contributed by atoms with E-state index in [1.54, 1.807) is 14.0 Å². The summed E-state index contributed by atoms with van der Waals surface area (Å²) in [5, 5.41) is 2.69. The third-order valence-corrected chi connectivity index (χ3v) is 1.80. The lowest BCUT2D eigenvalue weighted by atomic mass is 10.4. The first-order valence-corrected chi connectivity index (χ1v) is 4.00. The summed E-state index contributed by atoms with van der Waals surface area (Å²) in [5.41, 5.74) is 0. The number of amidine groups is 1. The molecule has 0 bridgehead atoms. The maximum atomic E-state index is 12.4. The summed E-state index contributed by atoms with van der Waals surface area (Å²) in [5.74, 6) is -0.964. The monoisotopic (exact) mass is 209 g/mol. The van der Waals surface area contributed by atoms with Crippen molar-refractivity contribution in [1.82, 2.24) is 10.2 Å². The van der Waals surface area contributed by atoms with E-state index >= 15 is 0 Å². The van der Waals surface area contributed by atoms with Gasteiger partial charge in [0.25, 0.3) is 0 Å². The molecule has 14 heavy (non-hydrogen) atoms. The first-order valence-electron chi connectivity index (χ1n) is 4.00. The Bertz CT molecular complexity index is 222. The molecule has 1 unspecified atom stereocenters. The SMILES string of the molecule is C=CN=C(N(C)C(C)NC)C(F)(F)F. The number of halogens is 3. The van der Waals surface area contributed by atoms with Gasteiger partial charge in [-0.2, -0.15) is 13.2 Å². The van der Waals surface area contributed by atoms with Crippen LogP contribution in [0.5, 0.6) is 0 Å². The third kappa shape index (κ3) is 3.37. The Hall–Kier alpha value is -1.04. The maximum Gasteiger partial charge on any atom is 0.449 e. The van der Waals surface area contributed by atoms with Gasteiger partial charge >= 0.3 is 6.18 Å². The molecule has 0 aromatic heterocycles. The first-order chi connectivity index (χ1) is 6.34. The van der Waals surface area contributed by atoms with E-state index in [0.29, 0.717) is 0 Å². The smallest absolute Gasteiger partial charge is 0.340 e. The van der Waals surface area contributed by atoms with Crippen LogP contribution in [0, 0.1) is 0 Å². The average Bonchev–Trinajstić information content (AvgIpc) is 2.09. The van der Waals surface area contributed by atoms with E-state index in [1.165, 1.54) is 7.05 Å². The summed E-state index contributed by atoms with van der Waals surface area (Å²) in [6.07, 6.45) is -4.04. The van der Waals surface area contributed by atoms with Crippen molar-refractivity contribution in [3.8, 4) is 0 Å². The van der Waals surface area contributed by atoms with Gasteiger partial charge in [-0.1, -0.05) is 6.58 Å². The van der Waals surface area contributed by atoms with Gasteiger partial charge in [0.2, 0.25) is 5.84 Å². The fourth-order valence-corrected chi connectivity index (χ4v) is 0.828. The summed E-state index contributed by atoms with van der Waals surface area (Å²) < 4.78 is 37.2. The molecule has 0 spiro atoms. The molecule has 0 amide bonds. The largest absolute Gasteiger partial charge is 0.449 e. The van der Waals surface area contributed by atoms with Crippen molar-refractivity contribution in [2.24, 2.45) is 4.99 Å². The molecule has 0 heterocycles. The van der Waals surface area contributed by atoms with Crippen molar-refractivity contribution < 1.29 is 13.2 Å². The summed E-state index contributed by atoms with van der Waals surface area (Å²) >= 11 is 0. The Morgan fingerprint density at radius 2 is 2.07 bits per heavy atom. The quantitative estimate of drug-likeness (QED) is 0.434. The van der Waals surface area contributed by atoms with Crippen molar-refractivity contribution >= 4 is 5.84 Å². The number of alkyl halides is 3. The molecule has 0 aliphatic rings. The third-order valence-electron chi connectivity index (χ3n) is 1.80. The molecule has 0 saturated heterocycles. The Balaban J connectivity index is 4.85. The number of hydrogen-bond acceptors (Lipinski definition) is 2. The fourth-order valence-electron chi connectivity index (χ4n) is 0.828. The molecule has 0 fully saturated rings. The summed E-state index contributed by atoms with van der Waals surface area (Å²) in [4.78, 5) is 4.21. The molecule has 0 radical (unpaired) electrons. The van der Waals surface area contributed by atoms with E-state index in [1.807, 2.05) is 0 Å². The maximum absolute atomic E-state index is 12.4. The van der Waals surface area contributed by atoms with Crippen LogP contribution in [-0.2, 0) is 0 Å². The molecule has 0 aliphatic heterocycles. The van der Waals surface area contributed by atoms with Crippen molar-refractivity contribution in [2.45, 2.75) is 19.3 Å². The van der Waals surface area contributed by atoms with Gasteiger partial charge in [0.1, 0.15) is 0 Å². The van der Waals surface area contributed by atoms with E-state index in [-0.39, 0.29) is 0 Å². The lowest BCUT2D eigenvalue weighted by Gasteiger charge is -2.28. The number of aliphatic imine (C=N–C) groups is 1. The van der Waals surface area contributed by atoms with Gasteiger partial charge in [0.15, 0.2) is 0 Å². The molecule has 1 atom stereocenters. The van der Waals surface area contributed by atoms with Crippen molar-refractivity contribution in [3.63, 3.8) is 0 Å². The van der Waals surface area contributed by atoms with Crippen LogP contribution in [0.1, 0.15) is 6.92 Å². The standard InChI is InChI=1S/C8H14F3N3/c1-5-13-7(8(9,10)11)14(4)6(2)12-3/h5-6,12H,1H2,2-4H3. The van der Waals surface area contributed by atoms with Crippen LogP contribution in [0.4, 0.5) is 13.2 Å². The molecule has 1 N–H and O–H groups in total. The molecule has 0 saturated carbocycles. The zero-order valence-corrected chi connectivity index (χ0v) is 8.39. The van der Waals surface area contributed by atoms with Gasteiger partial charge in [0.05, 0.1) is 6.17 Å². The van der Waals surface area contributed by atoms with Crippen LogP contribution in [0.2, 0.25) is 0 Å². The molecule has 0 aromatic carbocycles. The van der Waals surface area contributed by atoms with Gasteiger partial charge < -0.3 is 10.2 Å². The lowest BCUT2D eigenvalue weighted by molar-refractivity contribution is -0.0696. The minimum absolute atomic E-state index is 0.449. The van der Waals surface area contributed by atoms with Crippen molar-refractivity contribution in [2.75, 3.05) is 14.1 Å². The molecule has 0 aliphatic carbocycles. The summed E-state index contributed by atoms with van der Waals surface area (Å²) in [6.45, 7) is 4.75. The molecule has 3 nitrogen and oxygen atoms in total. The molecular weight excluding hydrogens is 195 g/mol. The minimum atomic E-state index is -4.46. The van der Waals surface area contributed by atoms with E-state index in [9.17, 15) is 13.2 Å². The van der Waals surface area contributed by atoms with Crippen LogP contribution in [0.25, 0.3) is 0 Å². The van der Waals surface area contributed by atoms with Crippen LogP contribution in [-0.4, -0.2) is 37.2 Å². The predicted octanol–water partition coefficient (Wildman–Crippen LogP) is 1.59. The second-order valence-electron chi connectivity index (χ2n) is 2.71. The molecular formula is C8H14F3N3. The van der Waals surface area contributed by atoms with E-state index in [0.717, 1.165) is 11.1 Å². The van der Waals surface area contributed by atoms with Crippen molar-refractivity contribution in [1.29, 1.82) is 0 Å². The Morgan fingerprint density at radius 3 is 2.36 bits per heavy atom. The Labute approximate surface area is 81.3 Å².